The summed E-state index contributed by atoms with van der Waals surface area (Å²) in [4.78, 5) is 11.7. The van der Waals surface area contributed by atoms with Gasteiger partial charge in [-0.3, -0.25) is 0 Å². The molecule has 5 atom stereocenters. The fourth-order valence-corrected chi connectivity index (χ4v) is 4.15. The lowest BCUT2D eigenvalue weighted by Crippen LogP contribution is -2.53. The summed E-state index contributed by atoms with van der Waals surface area (Å²) in [6.45, 7) is 10.1. The van der Waals surface area contributed by atoms with E-state index in [-0.39, 0.29) is 35.4 Å². The van der Waals surface area contributed by atoms with E-state index in [4.69, 9.17) is 4.74 Å². The number of carbonyl (C=O) groups is 1. The average Bonchev–Trinajstić information content (AvgIpc) is 2.60. The van der Waals surface area contributed by atoms with Crippen LogP contribution in [-0.4, -0.2) is 23.3 Å². The first kappa shape index (κ1) is 12.0. The highest BCUT2D eigenvalue weighted by molar-refractivity contribution is 5.91. The summed E-state index contributed by atoms with van der Waals surface area (Å²) in [6, 6.07) is 0. The predicted octanol–water partition coefficient (Wildman–Crippen LogP) is 2.21. The van der Waals surface area contributed by atoms with Crippen LogP contribution in [0.4, 0.5) is 0 Å². The van der Waals surface area contributed by atoms with E-state index in [1.165, 1.54) is 0 Å². The summed E-state index contributed by atoms with van der Waals surface area (Å²) in [5, 5.41) is 10.3. The molecule has 1 heterocycles. The zero-order valence-electron chi connectivity index (χ0n) is 10.8. The van der Waals surface area contributed by atoms with Crippen LogP contribution in [0, 0.1) is 17.3 Å². The number of aliphatic hydroxyl groups is 1. The summed E-state index contributed by atoms with van der Waals surface area (Å²) < 4.78 is 5.52. The van der Waals surface area contributed by atoms with Gasteiger partial charge in [-0.05, 0) is 25.7 Å². The van der Waals surface area contributed by atoms with Gasteiger partial charge in [-0.1, -0.05) is 25.7 Å². The molecule has 98 valence electrons. The van der Waals surface area contributed by atoms with Crippen molar-refractivity contribution in [1.82, 2.24) is 0 Å². The minimum atomic E-state index is -0.318. The summed E-state index contributed by atoms with van der Waals surface area (Å²) in [7, 11) is 0. The Kier molecular flexibility index (Phi) is 2.46. The molecule has 3 aliphatic rings. The van der Waals surface area contributed by atoms with Gasteiger partial charge in [-0.25, -0.2) is 4.79 Å². The van der Waals surface area contributed by atoms with E-state index in [0.717, 1.165) is 31.3 Å². The fraction of sp³-hybridized carbons (Fsp3) is 0.667. The van der Waals surface area contributed by atoms with Crippen LogP contribution in [-0.2, 0) is 9.53 Å². The molecule has 3 heteroatoms. The molecule has 0 aromatic heterocycles. The smallest absolute Gasteiger partial charge is 0.334 e. The zero-order valence-corrected chi connectivity index (χ0v) is 10.8. The second kappa shape index (κ2) is 3.70. The summed E-state index contributed by atoms with van der Waals surface area (Å²) in [5.41, 5.74) is 1.54. The van der Waals surface area contributed by atoms with Crippen molar-refractivity contribution in [3.8, 4) is 0 Å². The number of carbonyl (C=O) groups excluding carboxylic acids is 1. The molecule has 3 nitrogen and oxygen atoms in total. The summed E-state index contributed by atoms with van der Waals surface area (Å²) >= 11 is 0. The van der Waals surface area contributed by atoms with Crippen LogP contribution < -0.4 is 0 Å². The van der Waals surface area contributed by atoms with Crippen molar-refractivity contribution in [2.75, 3.05) is 0 Å². The first-order valence-corrected chi connectivity index (χ1v) is 6.70. The van der Waals surface area contributed by atoms with Crippen LogP contribution in [0.25, 0.3) is 0 Å². The first-order valence-electron chi connectivity index (χ1n) is 6.70. The van der Waals surface area contributed by atoms with Crippen LogP contribution in [0.1, 0.15) is 32.6 Å². The van der Waals surface area contributed by atoms with E-state index in [0.29, 0.717) is 5.57 Å². The highest BCUT2D eigenvalue weighted by Crippen LogP contribution is 2.57. The average molecular weight is 248 g/mol. The Morgan fingerprint density at radius 2 is 2.11 bits per heavy atom. The zero-order chi connectivity index (χ0) is 13.1. The number of fused-ring (bicyclic) bond motifs is 3. The molecule has 2 saturated carbocycles. The van der Waals surface area contributed by atoms with E-state index in [9.17, 15) is 9.90 Å². The highest BCUT2D eigenvalue weighted by Gasteiger charge is 2.57. The second-order valence-electron chi connectivity index (χ2n) is 6.24. The van der Waals surface area contributed by atoms with Gasteiger partial charge in [0, 0.05) is 22.8 Å². The standard InChI is InChI=1S/C15H20O3/c1-8-4-5-11(16)15(3)7-6-10-9(2)14(17)18-13(10)12(8)15/h10-13,16H,1-2,4-7H2,3H3/t10-,11-,12-,13-,15-/m1/s1. The van der Waals surface area contributed by atoms with Crippen LogP contribution in [0.2, 0.25) is 0 Å². The molecule has 1 N–H and O–H groups in total. The molecule has 1 aliphatic heterocycles. The molecular formula is C15H20O3. The lowest BCUT2D eigenvalue weighted by Gasteiger charge is -2.52. The largest absolute Gasteiger partial charge is 0.458 e. The Morgan fingerprint density at radius 3 is 2.83 bits per heavy atom. The van der Waals surface area contributed by atoms with Gasteiger partial charge in [-0.2, -0.15) is 0 Å². The topological polar surface area (TPSA) is 46.5 Å². The van der Waals surface area contributed by atoms with Gasteiger partial charge in [0.05, 0.1) is 6.10 Å². The Labute approximate surface area is 108 Å². The molecule has 0 unspecified atom stereocenters. The highest BCUT2D eigenvalue weighted by atomic mass is 16.6. The number of aliphatic hydroxyl groups excluding tert-OH is 1. The normalized spacial score (nSPS) is 47.6. The molecule has 0 aromatic rings. The monoisotopic (exact) mass is 248 g/mol. The summed E-state index contributed by atoms with van der Waals surface area (Å²) in [5.74, 6) is -0.0528. The van der Waals surface area contributed by atoms with E-state index in [1.54, 1.807) is 0 Å². The lowest BCUT2D eigenvalue weighted by atomic mass is 9.54. The van der Waals surface area contributed by atoms with Gasteiger partial charge in [-0.15, -0.1) is 0 Å². The van der Waals surface area contributed by atoms with Crippen molar-refractivity contribution in [3.63, 3.8) is 0 Å². The second-order valence-corrected chi connectivity index (χ2v) is 6.24. The minimum absolute atomic E-state index is 0.0863. The molecule has 3 fully saturated rings. The minimum Gasteiger partial charge on any atom is -0.458 e. The summed E-state index contributed by atoms with van der Waals surface area (Å²) in [6.07, 6.45) is 2.93. The lowest BCUT2D eigenvalue weighted by molar-refractivity contribution is -0.150. The van der Waals surface area contributed by atoms with Crippen molar-refractivity contribution in [1.29, 1.82) is 0 Å². The van der Waals surface area contributed by atoms with Gasteiger partial charge < -0.3 is 9.84 Å². The van der Waals surface area contributed by atoms with Gasteiger partial charge in [0.25, 0.3) is 0 Å². The van der Waals surface area contributed by atoms with Crippen molar-refractivity contribution in [3.05, 3.63) is 24.3 Å². The Hall–Kier alpha value is -1.09. The van der Waals surface area contributed by atoms with Gasteiger partial charge in [0.15, 0.2) is 0 Å². The van der Waals surface area contributed by atoms with Crippen molar-refractivity contribution < 1.29 is 14.6 Å². The van der Waals surface area contributed by atoms with Crippen LogP contribution in [0.5, 0.6) is 0 Å². The fourth-order valence-electron chi connectivity index (χ4n) is 4.15. The number of hydrogen-bond donors (Lipinski definition) is 1. The van der Waals surface area contributed by atoms with E-state index >= 15 is 0 Å². The van der Waals surface area contributed by atoms with E-state index in [1.807, 2.05) is 0 Å². The first-order chi connectivity index (χ1) is 8.45. The third-order valence-electron chi connectivity index (χ3n) is 5.32. The molecular weight excluding hydrogens is 228 g/mol. The SMILES string of the molecule is C=C1C(=O)O[C@@H]2[C@@H]1CC[C@]1(C)[C@H](O)CCC(=C)[C@H]21. The molecule has 0 amide bonds. The molecule has 0 aromatic carbocycles. The van der Waals surface area contributed by atoms with Gasteiger partial charge in [0.2, 0.25) is 0 Å². The molecule has 1 saturated heterocycles. The number of esters is 1. The molecule has 0 radical (unpaired) electrons. The predicted molar refractivity (Wildman–Crippen MR) is 67.7 cm³/mol. The van der Waals surface area contributed by atoms with Crippen LogP contribution in [0.15, 0.2) is 24.3 Å². The van der Waals surface area contributed by atoms with Gasteiger partial charge in [0.1, 0.15) is 6.10 Å². The number of rotatable bonds is 0. The maximum Gasteiger partial charge on any atom is 0.334 e. The van der Waals surface area contributed by atoms with Gasteiger partial charge >= 0.3 is 5.97 Å². The Bertz CT molecular complexity index is 439. The van der Waals surface area contributed by atoms with Crippen LogP contribution in [0.3, 0.4) is 0 Å². The Balaban J connectivity index is 2.00. The molecule has 18 heavy (non-hydrogen) atoms. The van der Waals surface area contributed by atoms with Crippen molar-refractivity contribution in [2.45, 2.75) is 44.8 Å². The molecule has 2 aliphatic carbocycles. The molecule has 0 bridgehead atoms. The van der Waals surface area contributed by atoms with E-state index in [2.05, 4.69) is 20.1 Å². The third-order valence-corrected chi connectivity index (χ3v) is 5.32. The van der Waals surface area contributed by atoms with Crippen LogP contribution >= 0.6 is 0 Å². The molecule has 0 spiro atoms. The number of hydrogen-bond acceptors (Lipinski definition) is 3. The maximum atomic E-state index is 11.7. The molecule has 3 rings (SSSR count). The van der Waals surface area contributed by atoms with Crippen molar-refractivity contribution >= 4 is 5.97 Å². The third kappa shape index (κ3) is 1.37. The van der Waals surface area contributed by atoms with E-state index < -0.39 is 0 Å². The number of ether oxygens (including phenoxy) is 1. The maximum absolute atomic E-state index is 11.7. The quantitative estimate of drug-likeness (QED) is 0.406. The Morgan fingerprint density at radius 1 is 1.39 bits per heavy atom. The van der Waals surface area contributed by atoms with Crippen molar-refractivity contribution in [2.24, 2.45) is 17.3 Å².